The molecule has 0 aromatic heterocycles. The molecule has 2 rings (SSSR count). The Morgan fingerprint density at radius 1 is 1.20 bits per heavy atom. The van der Waals surface area contributed by atoms with Crippen molar-refractivity contribution in [2.45, 2.75) is 0 Å². The van der Waals surface area contributed by atoms with Gasteiger partial charge in [-0.2, -0.15) is 5.26 Å². The van der Waals surface area contributed by atoms with Crippen LogP contribution >= 0.6 is 11.6 Å². The molecule has 2 aromatic rings. The number of nitriles is 1. The zero-order valence-electron chi connectivity index (χ0n) is 16.2. The van der Waals surface area contributed by atoms with Gasteiger partial charge in [-0.3, -0.25) is 4.79 Å². The molecule has 30 heavy (non-hydrogen) atoms. The van der Waals surface area contributed by atoms with Crippen molar-refractivity contribution in [2.24, 2.45) is 0 Å². The maximum Gasteiger partial charge on any atom is 0.349 e. The van der Waals surface area contributed by atoms with Gasteiger partial charge in [0, 0.05) is 11.6 Å². The van der Waals surface area contributed by atoms with Gasteiger partial charge in [0.05, 0.1) is 7.11 Å². The first kappa shape index (κ1) is 22.5. The second-order valence-electron chi connectivity index (χ2n) is 5.80. The molecule has 0 radical (unpaired) electrons. The zero-order valence-corrected chi connectivity index (χ0v) is 16.9. The van der Waals surface area contributed by atoms with Gasteiger partial charge in [0.15, 0.2) is 18.1 Å². The molecule has 0 saturated carbocycles. The third kappa shape index (κ3) is 6.69. The van der Waals surface area contributed by atoms with Gasteiger partial charge in [0.25, 0.3) is 5.91 Å². The highest BCUT2D eigenvalue weighted by Crippen LogP contribution is 2.29. The Kier molecular flexibility index (Phi) is 8.48. The van der Waals surface area contributed by atoms with E-state index in [2.05, 4.69) is 11.9 Å². The molecule has 8 heteroatoms. The van der Waals surface area contributed by atoms with Crippen LogP contribution in [0.5, 0.6) is 17.2 Å². The predicted molar refractivity (Wildman–Crippen MR) is 112 cm³/mol. The number of nitrogens with zero attached hydrogens (tertiary/aromatic N) is 1. The third-order valence-electron chi connectivity index (χ3n) is 3.66. The summed E-state index contributed by atoms with van der Waals surface area (Å²) in [6.07, 6.45) is 2.91. The lowest BCUT2D eigenvalue weighted by Crippen LogP contribution is -2.24. The number of methoxy groups -OCH3 is 1. The fourth-order valence-corrected chi connectivity index (χ4v) is 2.38. The average molecular weight is 427 g/mol. The Balaban J connectivity index is 2.07. The minimum atomic E-state index is -0.631. The molecule has 0 heterocycles. The summed E-state index contributed by atoms with van der Waals surface area (Å²) in [4.78, 5) is 24.0. The van der Waals surface area contributed by atoms with Gasteiger partial charge in [0.2, 0.25) is 0 Å². The Bertz CT molecular complexity index is 994. The van der Waals surface area contributed by atoms with Crippen LogP contribution in [-0.4, -0.2) is 32.1 Å². The number of rotatable bonds is 9. The minimum absolute atomic E-state index is 0.0833. The Labute approximate surface area is 179 Å². The molecule has 0 spiro atoms. The van der Waals surface area contributed by atoms with Gasteiger partial charge in [0.1, 0.15) is 17.4 Å². The minimum Gasteiger partial charge on any atom is -0.493 e. The van der Waals surface area contributed by atoms with Gasteiger partial charge in [-0.05, 0) is 48.0 Å². The summed E-state index contributed by atoms with van der Waals surface area (Å²) in [5, 5.41) is 12.3. The number of hydrogen-bond acceptors (Lipinski definition) is 6. The fourth-order valence-electron chi connectivity index (χ4n) is 2.26. The number of ether oxygens (including phenoxy) is 3. The lowest BCUT2D eigenvalue weighted by molar-refractivity contribution is -0.136. The Hall–Kier alpha value is -3.76. The van der Waals surface area contributed by atoms with E-state index in [1.165, 1.54) is 25.3 Å². The highest BCUT2D eigenvalue weighted by atomic mass is 35.5. The highest BCUT2D eigenvalue weighted by molar-refractivity contribution is 6.30. The van der Waals surface area contributed by atoms with Crippen molar-refractivity contribution >= 4 is 29.6 Å². The van der Waals surface area contributed by atoms with Gasteiger partial charge in [-0.1, -0.05) is 23.7 Å². The summed E-state index contributed by atoms with van der Waals surface area (Å²) in [6.45, 7) is 3.44. The van der Waals surface area contributed by atoms with Crippen molar-refractivity contribution in [2.75, 3.05) is 20.3 Å². The smallest absolute Gasteiger partial charge is 0.349 e. The molecule has 0 unspecified atom stereocenters. The second kappa shape index (κ2) is 11.3. The van der Waals surface area contributed by atoms with Crippen molar-refractivity contribution < 1.29 is 23.8 Å². The predicted octanol–water partition coefficient (Wildman–Crippen LogP) is 3.54. The first-order valence-corrected chi connectivity index (χ1v) is 9.12. The number of benzene rings is 2. The van der Waals surface area contributed by atoms with E-state index in [9.17, 15) is 14.9 Å². The molecule has 2 aromatic carbocycles. The molecule has 0 atom stereocenters. The zero-order chi connectivity index (χ0) is 21.9. The van der Waals surface area contributed by atoms with Crippen molar-refractivity contribution in [3.05, 3.63) is 71.3 Å². The molecule has 154 valence electrons. The van der Waals surface area contributed by atoms with Crippen LogP contribution < -0.4 is 19.5 Å². The topological polar surface area (TPSA) is 97.7 Å². The molecule has 0 fully saturated rings. The monoisotopic (exact) mass is 426 g/mol. The molecule has 0 saturated heterocycles. The number of carbonyl (C=O) groups excluding carboxylic acids is 2. The number of hydrogen-bond donors (Lipinski definition) is 1. The quantitative estimate of drug-likeness (QED) is 0.216. The van der Waals surface area contributed by atoms with E-state index in [-0.39, 0.29) is 30.2 Å². The standard InChI is InChI=1S/C22H19ClN2O5/c1-3-10-25-22(27)16(13-24)11-15-4-9-19(20(12-15)28-2)30-21(26)14-29-18-7-5-17(23)6-8-18/h3-9,11-12H,1,10,14H2,2H3,(H,25,27). The van der Waals surface area contributed by atoms with Crippen LogP contribution in [0.15, 0.2) is 60.7 Å². The van der Waals surface area contributed by atoms with Crippen molar-refractivity contribution in [3.63, 3.8) is 0 Å². The SMILES string of the molecule is C=CCNC(=O)C(C#N)=Cc1ccc(OC(=O)COc2ccc(Cl)cc2)c(OC)c1. The van der Waals surface area contributed by atoms with Gasteiger partial charge in [-0.15, -0.1) is 6.58 Å². The maximum atomic E-state index is 12.1. The van der Waals surface area contributed by atoms with Crippen LogP contribution in [0.1, 0.15) is 5.56 Å². The normalized spacial score (nSPS) is 10.5. The van der Waals surface area contributed by atoms with E-state index in [0.717, 1.165) is 0 Å². The van der Waals surface area contributed by atoms with E-state index in [1.54, 1.807) is 36.4 Å². The summed E-state index contributed by atoms with van der Waals surface area (Å²) >= 11 is 5.80. The molecule has 0 aliphatic heterocycles. The third-order valence-corrected chi connectivity index (χ3v) is 3.92. The molecule has 0 aliphatic rings. The number of carbonyl (C=O) groups is 2. The molecule has 1 N–H and O–H groups in total. The molecular weight excluding hydrogens is 408 g/mol. The van der Waals surface area contributed by atoms with Crippen LogP contribution in [0.2, 0.25) is 5.02 Å². The number of esters is 1. The fraction of sp³-hybridized carbons (Fsp3) is 0.136. The summed E-state index contributed by atoms with van der Waals surface area (Å²) in [7, 11) is 1.41. The van der Waals surface area contributed by atoms with E-state index < -0.39 is 11.9 Å². The number of amides is 1. The van der Waals surface area contributed by atoms with E-state index in [4.69, 9.17) is 25.8 Å². The second-order valence-corrected chi connectivity index (χ2v) is 6.23. The van der Waals surface area contributed by atoms with Crippen LogP contribution in [0.25, 0.3) is 6.08 Å². The molecule has 0 bridgehead atoms. The average Bonchev–Trinajstić information content (AvgIpc) is 2.76. The molecular formula is C22H19ClN2O5. The first-order chi connectivity index (χ1) is 14.5. The number of halogens is 1. The number of nitrogens with one attached hydrogen (secondary N) is 1. The van der Waals surface area contributed by atoms with E-state index in [0.29, 0.717) is 16.3 Å². The van der Waals surface area contributed by atoms with Crippen molar-refractivity contribution in [1.82, 2.24) is 5.32 Å². The van der Waals surface area contributed by atoms with Crippen LogP contribution in [0, 0.1) is 11.3 Å². The summed E-state index contributed by atoms with van der Waals surface area (Å²) in [5.41, 5.74) is 0.439. The summed E-state index contributed by atoms with van der Waals surface area (Å²) in [6, 6.07) is 13.0. The largest absolute Gasteiger partial charge is 0.493 e. The highest BCUT2D eigenvalue weighted by Gasteiger charge is 2.13. The molecule has 7 nitrogen and oxygen atoms in total. The summed E-state index contributed by atoms with van der Waals surface area (Å²) < 4.78 is 15.9. The van der Waals surface area contributed by atoms with E-state index >= 15 is 0 Å². The van der Waals surface area contributed by atoms with Gasteiger partial charge < -0.3 is 19.5 Å². The van der Waals surface area contributed by atoms with Gasteiger partial charge >= 0.3 is 5.97 Å². The van der Waals surface area contributed by atoms with Crippen LogP contribution in [-0.2, 0) is 9.59 Å². The summed E-state index contributed by atoms with van der Waals surface area (Å²) in [5.74, 6) is -0.247. The van der Waals surface area contributed by atoms with E-state index in [1.807, 2.05) is 6.07 Å². The first-order valence-electron chi connectivity index (χ1n) is 8.74. The Morgan fingerprint density at radius 2 is 1.93 bits per heavy atom. The maximum absolute atomic E-state index is 12.1. The lowest BCUT2D eigenvalue weighted by Gasteiger charge is -2.11. The van der Waals surface area contributed by atoms with Crippen molar-refractivity contribution in [3.8, 4) is 23.3 Å². The molecule has 0 aliphatic carbocycles. The van der Waals surface area contributed by atoms with Gasteiger partial charge in [-0.25, -0.2) is 4.79 Å². The van der Waals surface area contributed by atoms with Crippen molar-refractivity contribution in [1.29, 1.82) is 5.26 Å². The van der Waals surface area contributed by atoms with Crippen LogP contribution in [0.4, 0.5) is 0 Å². The van der Waals surface area contributed by atoms with Crippen LogP contribution in [0.3, 0.4) is 0 Å². The Morgan fingerprint density at radius 3 is 2.57 bits per heavy atom. The lowest BCUT2D eigenvalue weighted by atomic mass is 10.1. The molecule has 1 amide bonds.